The zero-order valence-corrected chi connectivity index (χ0v) is 12.2. The molecule has 0 aliphatic heterocycles. The van der Waals surface area contributed by atoms with Crippen LogP contribution >= 0.6 is 0 Å². The maximum atomic E-state index is 11.1. The molecular formula is C15H20O5. The van der Waals surface area contributed by atoms with Gasteiger partial charge in [-0.2, -0.15) is 0 Å². The Morgan fingerprint density at radius 2 is 1.85 bits per heavy atom. The van der Waals surface area contributed by atoms with E-state index in [2.05, 4.69) is 4.74 Å². The van der Waals surface area contributed by atoms with Crippen molar-refractivity contribution in [2.75, 3.05) is 27.9 Å². The van der Waals surface area contributed by atoms with E-state index in [0.29, 0.717) is 11.5 Å². The number of methoxy groups -OCH3 is 3. The first-order valence-electron chi connectivity index (χ1n) is 6.16. The van der Waals surface area contributed by atoms with Gasteiger partial charge in [-0.05, 0) is 30.2 Å². The third kappa shape index (κ3) is 3.74. The molecule has 0 fully saturated rings. The molecule has 0 unspecified atom stereocenters. The summed E-state index contributed by atoms with van der Waals surface area (Å²) in [5, 5.41) is 9.50. The number of hydrogen-bond donors (Lipinski definition) is 1. The van der Waals surface area contributed by atoms with Crippen molar-refractivity contribution < 1.29 is 24.1 Å². The van der Waals surface area contributed by atoms with Gasteiger partial charge in [0.2, 0.25) is 0 Å². The van der Waals surface area contributed by atoms with E-state index in [4.69, 9.17) is 9.47 Å². The highest BCUT2D eigenvalue weighted by molar-refractivity contribution is 5.81. The molecule has 1 aromatic carbocycles. The maximum absolute atomic E-state index is 11.1. The summed E-state index contributed by atoms with van der Waals surface area (Å²) in [6.07, 6.45) is 2.91. The highest BCUT2D eigenvalue weighted by Gasteiger charge is 2.15. The molecule has 0 bridgehead atoms. The molecule has 0 heterocycles. The van der Waals surface area contributed by atoms with Crippen LogP contribution in [0.2, 0.25) is 0 Å². The number of carbonyl (C=O) groups excluding carboxylic acids is 1. The topological polar surface area (TPSA) is 65.0 Å². The zero-order chi connectivity index (χ0) is 15.1. The van der Waals surface area contributed by atoms with Crippen LogP contribution < -0.4 is 9.47 Å². The molecule has 20 heavy (non-hydrogen) atoms. The number of rotatable bonds is 6. The number of ether oxygens (including phenoxy) is 3. The summed E-state index contributed by atoms with van der Waals surface area (Å²) in [6.45, 7) is 1.79. The number of benzene rings is 1. The van der Waals surface area contributed by atoms with Gasteiger partial charge in [-0.25, -0.2) is 4.79 Å². The van der Waals surface area contributed by atoms with Crippen LogP contribution in [0.5, 0.6) is 11.5 Å². The van der Waals surface area contributed by atoms with Crippen LogP contribution in [-0.2, 0) is 9.53 Å². The van der Waals surface area contributed by atoms with Crippen LogP contribution in [0.4, 0.5) is 0 Å². The van der Waals surface area contributed by atoms with Gasteiger partial charge in [-0.1, -0.05) is 6.08 Å². The van der Waals surface area contributed by atoms with Crippen molar-refractivity contribution in [2.45, 2.75) is 12.8 Å². The molecule has 0 aliphatic rings. The maximum Gasteiger partial charge on any atom is 0.330 e. The first-order valence-corrected chi connectivity index (χ1v) is 6.16. The summed E-state index contributed by atoms with van der Waals surface area (Å²) >= 11 is 0. The molecular weight excluding hydrogens is 260 g/mol. The minimum Gasteiger partial charge on any atom is -0.493 e. The van der Waals surface area contributed by atoms with Gasteiger partial charge in [0.25, 0.3) is 0 Å². The molecule has 0 aliphatic carbocycles. The second-order valence-corrected chi connectivity index (χ2v) is 4.24. The molecule has 0 radical (unpaired) electrons. The van der Waals surface area contributed by atoms with E-state index in [9.17, 15) is 9.90 Å². The predicted octanol–water partition coefficient (Wildman–Crippen LogP) is 1.82. The third-order valence-electron chi connectivity index (χ3n) is 3.03. The third-order valence-corrected chi connectivity index (χ3v) is 3.03. The monoisotopic (exact) mass is 280 g/mol. The smallest absolute Gasteiger partial charge is 0.330 e. The molecule has 0 saturated carbocycles. The van der Waals surface area contributed by atoms with Crippen LogP contribution in [0.3, 0.4) is 0 Å². The molecule has 0 spiro atoms. The van der Waals surface area contributed by atoms with Crippen molar-refractivity contribution in [3.05, 3.63) is 35.4 Å². The zero-order valence-electron chi connectivity index (χ0n) is 12.2. The Kier molecular flexibility index (Phi) is 6.06. The van der Waals surface area contributed by atoms with Gasteiger partial charge in [0, 0.05) is 12.0 Å². The highest BCUT2D eigenvalue weighted by atomic mass is 16.5. The Bertz CT molecular complexity index is 493. The van der Waals surface area contributed by atoms with Crippen LogP contribution in [0.15, 0.2) is 24.3 Å². The summed E-state index contributed by atoms with van der Waals surface area (Å²) in [7, 11) is 4.43. The number of aliphatic hydroxyl groups excluding tert-OH is 1. The van der Waals surface area contributed by atoms with E-state index in [-0.39, 0.29) is 12.5 Å². The summed E-state index contributed by atoms with van der Waals surface area (Å²) < 4.78 is 15.0. The van der Waals surface area contributed by atoms with Crippen molar-refractivity contribution in [3.63, 3.8) is 0 Å². The fourth-order valence-electron chi connectivity index (χ4n) is 1.92. The summed E-state index contributed by atoms with van der Waals surface area (Å²) in [5.41, 5.74) is 1.81. The molecule has 0 aromatic heterocycles. The van der Waals surface area contributed by atoms with Crippen molar-refractivity contribution >= 4 is 5.97 Å². The number of hydrogen-bond acceptors (Lipinski definition) is 5. The second kappa shape index (κ2) is 7.55. The van der Waals surface area contributed by atoms with Crippen LogP contribution in [0.1, 0.15) is 17.0 Å². The van der Waals surface area contributed by atoms with Gasteiger partial charge < -0.3 is 19.3 Å². The first-order chi connectivity index (χ1) is 9.57. The summed E-state index contributed by atoms with van der Waals surface area (Å²) in [5.74, 6) is 0.441. The largest absolute Gasteiger partial charge is 0.493 e. The number of carbonyl (C=O) groups is 1. The lowest BCUT2D eigenvalue weighted by Gasteiger charge is -2.17. The number of esters is 1. The average Bonchev–Trinajstić information content (AvgIpc) is 2.48. The van der Waals surface area contributed by atoms with Crippen molar-refractivity contribution in [3.8, 4) is 11.5 Å². The molecule has 1 aromatic rings. The Balaban J connectivity index is 3.15. The van der Waals surface area contributed by atoms with Crippen LogP contribution in [0.25, 0.3) is 0 Å². The van der Waals surface area contributed by atoms with E-state index in [1.54, 1.807) is 26.4 Å². The Morgan fingerprint density at radius 1 is 1.25 bits per heavy atom. The Labute approximate surface area is 118 Å². The number of aliphatic hydroxyl groups is 1. The van der Waals surface area contributed by atoms with Gasteiger partial charge in [0.05, 0.1) is 27.9 Å². The average molecular weight is 280 g/mol. The highest BCUT2D eigenvalue weighted by Crippen LogP contribution is 2.33. The van der Waals surface area contributed by atoms with Gasteiger partial charge in [0.1, 0.15) is 0 Å². The van der Waals surface area contributed by atoms with E-state index in [0.717, 1.165) is 11.1 Å². The fourth-order valence-corrected chi connectivity index (χ4v) is 1.92. The molecule has 1 N–H and O–H groups in total. The lowest BCUT2D eigenvalue weighted by Crippen LogP contribution is -2.06. The number of aryl methyl sites for hydroxylation is 1. The molecule has 0 amide bonds. The lowest BCUT2D eigenvalue weighted by molar-refractivity contribution is -0.134. The van der Waals surface area contributed by atoms with Crippen molar-refractivity contribution in [1.82, 2.24) is 0 Å². The first kappa shape index (κ1) is 16.0. The predicted molar refractivity (Wildman–Crippen MR) is 75.3 cm³/mol. The van der Waals surface area contributed by atoms with E-state index in [1.165, 1.54) is 13.2 Å². The van der Waals surface area contributed by atoms with Crippen LogP contribution in [-0.4, -0.2) is 39.0 Å². The van der Waals surface area contributed by atoms with E-state index in [1.807, 2.05) is 13.0 Å². The molecule has 0 saturated heterocycles. The minimum atomic E-state index is -0.457. The van der Waals surface area contributed by atoms with Gasteiger partial charge in [0.15, 0.2) is 11.5 Å². The van der Waals surface area contributed by atoms with Crippen molar-refractivity contribution in [1.29, 1.82) is 0 Å². The van der Waals surface area contributed by atoms with Crippen LogP contribution in [0, 0.1) is 6.92 Å². The molecule has 5 heteroatoms. The lowest BCUT2D eigenvalue weighted by atomic mass is 9.94. The summed E-state index contributed by atoms with van der Waals surface area (Å²) in [6, 6.07) is 3.64. The van der Waals surface area contributed by atoms with Gasteiger partial charge in [-0.15, -0.1) is 0 Å². The summed E-state index contributed by atoms with van der Waals surface area (Å²) in [4.78, 5) is 11.1. The second-order valence-electron chi connectivity index (χ2n) is 4.24. The molecule has 110 valence electrons. The molecule has 5 nitrogen and oxygen atoms in total. The molecule has 1 rings (SSSR count). The Hall–Kier alpha value is -2.01. The normalized spacial score (nSPS) is 12.2. The minimum absolute atomic E-state index is 0.121. The fraction of sp³-hybridized carbons (Fsp3) is 0.400. The van der Waals surface area contributed by atoms with Crippen molar-refractivity contribution in [2.24, 2.45) is 0 Å². The standard InChI is InChI=1S/C15H20O5/c1-10-7-13(18-2)14(19-3)8-12(10)11(9-16)5-6-15(17)20-4/h5-8,11,16H,9H2,1-4H3/b6-5+/t11-/m1/s1. The Morgan fingerprint density at radius 3 is 2.35 bits per heavy atom. The quantitative estimate of drug-likeness (QED) is 0.636. The molecule has 1 atom stereocenters. The van der Waals surface area contributed by atoms with E-state index < -0.39 is 5.97 Å². The van der Waals surface area contributed by atoms with Gasteiger partial charge in [-0.3, -0.25) is 0 Å². The van der Waals surface area contributed by atoms with Gasteiger partial charge >= 0.3 is 5.97 Å². The SMILES string of the molecule is COC(=O)/C=C/[C@H](CO)c1cc(OC)c(OC)cc1C. The van der Waals surface area contributed by atoms with E-state index >= 15 is 0 Å².